The number of nitrogens with zero attached hydrogens (tertiary/aromatic N) is 4. The zero-order valence-electron chi connectivity index (χ0n) is 13.9. The molecule has 128 valence electrons. The van der Waals surface area contributed by atoms with Gasteiger partial charge in [-0.3, -0.25) is 9.88 Å². The number of hydrogen-bond acceptors (Lipinski definition) is 7. The van der Waals surface area contributed by atoms with Gasteiger partial charge in [-0.15, -0.1) is 0 Å². The van der Waals surface area contributed by atoms with Gasteiger partial charge in [0.05, 0.1) is 31.6 Å². The molecule has 0 amide bonds. The van der Waals surface area contributed by atoms with E-state index in [4.69, 9.17) is 9.47 Å². The number of ether oxygens (including phenoxy) is 2. The average Bonchev–Trinajstić information content (AvgIpc) is 2.64. The molecule has 1 saturated heterocycles. The maximum absolute atomic E-state index is 5.66. The largest absolute Gasteiger partial charge is 0.383 e. The van der Waals surface area contributed by atoms with Crippen LogP contribution in [0.5, 0.6) is 0 Å². The Kier molecular flexibility index (Phi) is 6.06. The maximum atomic E-state index is 5.66. The SMILES string of the molecule is COCCNc1ccnc([C@H]2COCCN2Cc2ccccn2)n1. The Balaban J connectivity index is 1.71. The fraction of sp³-hybridized carbons (Fsp3) is 0.471. The summed E-state index contributed by atoms with van der Waals surface area (Å²) in [6, 6.07) is 7.87. The first kappa shape index (κ1) is 16.8. The van der Waals surface area contributed by atoms with Crippen LogP contribution >= 0.6 is 0 Å². The summed E-state index contributed by atoms with van der Waals surface area (Å²) in [5.74, 6) is 1.58. The number of methoxy groups -OCH3 is 1. The molecule has 7 heteroatoms. The van der Waals surface area contributed by atoms with Crippen molar-refractivity contribution in [1.82, 2.24) is 19.9 Å². The quantitative estimate of drug-likeness (QED) is 0.772. The van der Waals surface area contributed by atoms with Crippen LogP contribution < -0.4 is 5.32 Å². The molecule has 0 aliphatic carbocycles. The van der Waals surface area contributed by atoms with Gasteiger partial charge in [0.1, 0.15) is 11.6 Å². The third-order valence-corrected chi connectivity index (χ3v) is 3.92. The molecule has 0 radical (unpaired) electrons. The van der Waals surface area contributed by atoms with Crippen molar-refractivity contribution in [2.45, 2.75) is 12.6 Å². The minimum absolute atomic E-state index is 0.0323. The Morgan fingerprint density at radius 2 is 2.25 bits per heavy atom. The second-order valence-corrected chi connectivity index (χ2v) is 5.60. The van der Waals surface area contributed by atoms with Gasteiger partial charge in [-0.05, 0) is 18.2 Å². The van der Waals surface area contributed by atoms with Crippen LogP contribution in [-0.2, 0) is 16.0 Å². The third kappa shape index (κ3) is 4.47. The Morgan fingerprint density at radius 3 is 3.08 bits per heavy atom. The van der Waals surface area contributed by atoms with Crippen molar-refractivity contribution in [1.29, 1.82) is 0 Å². The normalized spacial score (nSPS) is 18.5. The second kappa shape index (κ2) is 8.68. The lowest BCUT2D eigenvalue weighted by Crippen LogP contribution is -2.40. The number of aromatic nitrogens is 3. The summed E-state index contributed by atoms with van der Waals surface area (Å²) in [5.41, 5.74) is 1.04. The van der Waals surface area contributed by atoms with Gasteiger partial charge >= 0.3 is 0 Å². The molecule has 1 atom stereocenters. The van der Waals surface area contributed by atoms with Gasteiger partial charge in [-0.2, -0.15) is 0 Å². The molecule has 1 aliphatic heterocycles. The van der Waals surface area contributed by atoms with E-state index in [1.807, 2.05) is 30.5 Å². The lowest BCUT2D eigenvalue weighted by Gasteiger charge is -2.34. The van der Waals surface area contributed by atoms with Crippen LogP contribution in [0.15, 0.2) is 36.7 Å². The molecule has 0 saturated carbocycles. The zero-order chi connectivity index (χ0) is 16.6. The van der Waals surface area contributed by atoms with Crippen LogP contribution in [0.1, 0.15) is 17.6 Å². The number of anilines is 1. The molecule has 3 heterocycles. The van der Waals surface area contributed by atoms with Crippen LogP contribution in [-0.4, -0.2) is 59.9 Å². The summed E-state index contributed by atoms with van der Waals surface area (Å²) >= 11 is 0. The molecular formula is C17H23N5O2. The van der Waals surface area contributed by atoms with Crippen molar-refractivity contribution in [3.05, 3.63) is 48.2 Å². The van der Waals surface area contributed by atoms with E-state index in [-0.39, 0.29) is 6.04 Å². The lowest BCUT2D eigenvalue weighted by molar-refractivity contribution is -0.0164. The van der Waals surface area contributed by atoms with Crippen LogP contribution in [0, 0.1) is 0 Å². The first-order valence-corrected chi connectivity index (χ1v) is 8.14. The smallest absolute Gasteiger partial charge is 0.150 e. The number of hydrogen-bond donors (Lipinski definition) is 1. The van der Waals surface area contributed by atoms with Crippen molar-refractivity contribution < 1.29 is 9.47 Å². The molecule has 3 rings (SSSR count). The molecule has 1 fully saturated rings. The first-order valence-electron chi connectivity index (χ1n) is 8.14. The Morgan fingerprint density at radius 1 is 1.29 bits per heavy atom. The molecular weight excluding hydrogens is 306 g/mol. The van der Waals surface area contributed by atoms with Crippen molar-refractivity contribution in [3.8, 4) is 0 Å². The predicted molar refractivity (Wildman–Crippen MR) is 90.6 cm³/mol. The summed E-state index contributed by atoms with van der Waals surface area (Å²) < 4.78 is 10.7. The van der Waals surface area contributed by atoms with Crippen molar-refractivity contribution >= 4 is 5.82 Å². The minimum Gasteiger partial charge on any atom is -0.383 e. The number of rotatable bonds is 7. The van der Waals surface area contributed by atoms with Gasteiger partial charge in [-0.25, -0.2) is 9.97 Å². The summed E-state index contributed by atoms with van der Waals surface area (Å²) in [6.07, 6.45) is 3.60. The number of pyridine rings is 1. The molecule has 2 aromatic rings. The van der Waals surface area contributed by atoms with Gasteiger partial charge in [0.25, 0.3) is 0 Å². The molecule has 0 spiro atoms. The highest BCUT2D eigenvalue weighted by Gasteiger charge is 2.27. The van der Waals surface area contributed by atoms with Gasteiger partial charge in [0.15, 0.2) is 0 Å². The monoisotopic (exact) mass is 329 g/mol. The van der Waals surface area contributed by atoms with E-state index in [1.165, 1.54) is 0 Å². The third-order valence-electron chi connectivity index (χ3n) is 3.92. The van der Waals surface area contributed by atoms with E-state index in [0.29, 0.717) is 19.8 Å². The molecule has 24 heavy (non-hydrogen) atoms. The first-order chi connectivity index (χ1) is 11.9. The molecule has 1 aliphatic rings. The molecule has 2 aromatic heterocycles. The highest BCUT2D eigenvalue weighted by molar-refractivity contribution is 5.33. The summed E-state index contributed by atoms with van der Waals surface area (Å²) in [7, 11) is 1.68. The lowest BCUT2D eigenvalue weighted by atomic mass is 10.2. The maximum Gasteiger partial charge on any atom is 0.150 e. The predicted octanol–water partition coefficient (Wildman–Crippen LogP) is 1.50. The standard InChI is InChI=1S/C17H23N5O2/c1-23-10-8-19-16-5-7-20-17(21-16)15-13-24-11-9-22(15)12-14-4-2-3-6-18-14/h2-7,15H,8-13H2,1H3,(H,19,20,21)/t15-/m1/s1. The van der Waals surface area contributed by atoms with Crippen LogP contribution in [0.3, 0.4) is 0 Å². The highest BCUT2D eigenvalue weighted by Crippen LogP contribution is 2.23. The van der Waals surface area contributed by atoms with Crippen molar-refractivity contribution in [3.63, 3.8) is 0 Å². The summed E-state index contributed by atoms with van der Waals surface area (Å²) in [4.78, 5) is 15.8. The molecule has 7 nitrogen and oxygen atoms in total. The average molecular weight is 329 g/mol. The fourth-order valence-electron chi connectivity index (χ4n) is 2.68. The van der Waals surface area contributed by atoms with Crippen LogP contribution in [0.25, 0.3) is 0 Å². The van der Waals surface area contributed by atoms with Gasteiger partial charge in [0.2, 0.25) is 0 Å². The Labute approximate surface area is 142 Å². The molecule has 0 aromatic carbocycles. The number of nitrogens with one attached hydrogen (secondary N) is 1. The fourth-order valence-corrected chi connectivity index (χ4v) is 2.68. The second-order valence-electron chi connectivity index (χ2n) is 5.60. The van der Waals surface area contributed by atoms with E-state index < -0.39 is 0 Å². The topological polar surface area (TPSA) is 72.4 Å². The Hall–Kier alpha value is -2.09. The summed E-state index contributed by atoms with van der Waals surface area (Å²) in [5, 5.41) is 3.24. The van der Waals surface area contributed by atoms with E-state index in [0.717, 1.165) is 37.0 Å². The van der Waals surface area contributed by atoms with E-state index in [2.05, 4.69) is 25.2 Å². The van der Waals surface area contributed by atoms with E-state index >= 15 is 0 Å². The Bertz CT molecular complexity index is 625. The van der Waals surface area contributed by atoms with E-state index in [9.17, 15) is 0 Å². The number of morpholine rings is 1. The van der Waals surface area contributed by atoms with Gasteiger partial charge in [0, 0.05) is 39.1 Å². The molecule has 0 unspecified atom stereocenters. The van der Waals surface area contributed by atoms with Crippen molar-refractivity contribution in [2.24, 2.45) is 0 Å². The summed E-state index contributed by atoms with van der Waals surface area (Å²) in [6.45, 7) is 4.26. The van der Waals surface area contributed by atoms with Crippen molar-refractivity contribution in [2.75, 3.05) is 45.3 Å². The highest BCUT2D eigenvalue weighted by atomic mass is 16.5. The molecule has 1 N–H and O–H groups in total. The van der Waals surface area contributed by atoms with Gasteiger partial charge in [-0.1, -0.05) is 6.07 Å². The van der Waals surface area contributed by atoms with Crippen LogP contribution in [0.4, 0.5) is 5.82 Å². The van der Waals surface area contributed by atoms with Gasteiger partial charge < -0.3 is 14.8 Å². The van der Waals surface area contributed by atoms with Crippen LogP contribution in [0.2, 0.25) is 0 Å². The molecule has 0 bridgehead atoms. The van der Waals surface area contributed by atoms with E-state index in [1.54, 1.807) is 13.3 Å². The zero-order valence-corrected chi connectivity index (χ0v) is 13.9. The minimum atomic E-state index is 0.0323.